The fourth-order valence-electron chi connectivity index (χ4n) is 2.76. The van der Waals surface area contributed by atoms with Gasteiger partial charge in [0.15, 0.2) is 0 Å². The van der Waals surface area contributed by atoms with Crippen LogP contribution in [0.4, 0.5) is 5.69 Å². The van der Waals surface area contributed by atoms with Crippen LogP contribution in [0.25, 0.3) is 0 Å². The van der Waals surface area contributed by atoms with Crippen molar-refractivity contribution < 1.29 is 14.0 Å². The highest BCUT2D eigenvalue weighted by molar-refractivity contribution is 6.31. The monoisotopic (exact) mass is 332 g/mol. The Morgan fingerprint density at radius 1 is 1.39 bits per heavy atom. The Balaban J connectivity index is 1.68. The van der Waals surface area contributed by atoms with Crippen LogP contribution in [0.5, 0.6) is 0 Å². The van der Waals surface area contributed by atoms with E-state index in [4.69, 9.17) is 16.0 Å². The molecule has 1 aliphatic heterocycles. The van der Waals surface area contributed by atoms with E-state index in [1.54, 1.807) is 29.4 Å². The van der Waals surface area contributed by atoms with Gasteiger partial charge in [0, 0.05) is 17.3 Å². The van der Waals surface area contributed by atoms with Crippen molar-refractivity contribution in [3.63, 3.8) is 0 Å². The third-order valence-corrected chi connectivity index (χ3v) is 4.48. The molecule has 1 aliphatic rings. The number of nitrogens with one attached hydrogen (secondary N) is 1. The Morgan fingerprint density at radius 3 is 2.96 bits per heavy atom. The second kappa shape index (κ2) is 6.46. The summed E-state index contributed by atoms with van der Waals surface area (Å²) in [7, 11) is 0. The number of hydrogen-bond acceptors (Lipinski definition) is 3. The van der Waals surface area contributed by atoms with E-state index in [9.17, 15) is 9.59 Å². The van der Waals surface area contributed by atoms with Gasteiger partial charge in [-0.25, -0.2) is 0 Å². The van der Waals surface area contributed by atoms with Gasteiger partial charge in [-0.3, -0.25) is 9.59 Å². The van der Waals surface area contributed by atoms with Gasteiger partial charge in [-0.05, 0) is 43.2 Å². The van der Waals surface area contributed by atoms with Crippen LogP contribution in [-0.4, -0.2) is 18.4 Å². The summed E-state index contributed by atoms with van der Waals surface area (Å²) in [6.07, 6.45) is 2.04. The smallest absolute Gasteiger partial charge is 0.239 e. The quantitative estimate of drug-likeness (QED) is 0.876. The van der Waals surface area contributed by atoms with Crippen molar-refractivity contribution >= 4 is 29.1 Å². The van der Waals surface area contributed by atoms with Gasteiger partial charge in [-0.2, -0.15) is 0 Å². The molecule has 5 nitrogen and oxygen atoms in total. The molecule has 1 atom stereocenters. The first-order valence-electron chi connectivity index (χ1n) is 7.44. The molecule has 1 saturated heterocycles. The van der Waals surface area contributed by atoms with Crippen LogP contribution >= 0.6 is 11.6 Å². The third kappa shape index (κ3) is 3.10. The second-order valence-electron chi connectivity index (χ2n) is 5.51. The minimum atomic E-state index is -0.664. The van der Waals surface area contributed by atoms with Crippen LogP contribution in [0.2, 0.25) is 5.02 Å². The largest absolute Gasteiger partial charge is 0.467 e. The van der Waals surface area contributed by atoms with E-state index >= 15 is 0 Å². The van der Waals surface area contributed by atoms with E-state index in [2.05, 4.69) is 5.32 Å². The maximum Gasteiger partial charge on any atom is 0.239 e. The number of carbonyl (C=O) groups excluding carboxylic acids is 2. The van der Waals surface area contributed by atoms with Crippen molar-refractivity contribution in [3.05, 3.63) is 52.9 Å². The summed E-state index contributed by atoms with van der Waals surface area (Å²) in [5.41, 5.74) is 1.61. The normalized spacial score (nSPS) is 17.6. The van der Waals surface area contributed by atoms with Crippen LogP contribution in [-0.2, 0) is 16.1 Å². The molecule has 2 heterocycles. The SMILES string of the molecule is Cc1c(Cl)cccc1N1CCC(C(=O)NCc2ccco2)C1=O. The molecule has 0 radical (unpaired) electrons. The van der Waals surface area contributed by atoms with E-state index in [1.807, 2.05) is 19.1 Å². The van der Waals surface area contributed by atoms with Crippen LogP contribution in [0, 0.1) is 12.8 Å². The van der Waals surface area contributed by atoms with Gasteiger partial charge in [-0.1, -0.05) is 17.7 Å². The molecule has 0 bridgehead atoms. The van der Waals surface area contributed by atoms with Crippen molar-refractivity contribution in [1.82, 2.24) is 5.32 Å². The molecule has 120 valence electrons. The van der Waals surface area contributed by atoms with E-state index in [1.165, 1.54) is 0 Å². The summed E-state index contributed by atoms with van der Waals surface area (Å²) in [5.74, 6) is -0.462. The standard InChI is InChI=1S/C17H17ClN2O3/c1-11-14(18)5-2-6-15(11)20-8-7-13(17(20)22)16(21)19-10-12-4-3-9-23-12/h2-6,9,13H,7-8,10H2,1H3,(H,19,21). The lowest BCUT2D eigenvalue weighted by Crippen LogP contribution is -2.36. The lowest BCUT2D eigenvalue weighted by Gasteiger charge is -2.19. The predicted octanol–water partition coefficient (Wildman–Crippen LogP) is 2.91. The number of hydrogen-bond donors (Lipinski definition) is 1. The number of halogens is 1. The zero-order valence-corrected chi connectivity index (χ0v) is 13.5. The van der Waals surface area contributed by atoms with E-state index in [0.717, 1.165) is 11.3 Å². The molecular formula is C17H17ClN2O3. The van der Waals surface area contributed by atoms with Crippen molar-refractivity contribution in [2.75, 3.05) is 11.4 Å². The van der Waals surface area contributed by atoms with Crippen molar-refractivity contribution in [1.29, 1.82) is 0 Å². The highest BCUT2D eigenvalue weighted by atomic mass is 35.5. The zero-order valence-electron chi connectivity index (χ0n) is 12.7. The molecular weight excluding hydrogens is 316 g/mol. The molecule has 3 rings (SSSR count). The van der Waals surface area contributed by atoms with Crippen LogP contribution in [0.15, 0.2) is 41.0 Å². The summed E-state index contributed by atoms with van der Waals surface area (Å²) in [4.78, 5) is 26.5. The van der Waals surface area contributed by atoms with E-state index in [0.29, 0.717) is 23.7 Å². The Labute approximate surface area is 139 Å². The summed E-state index contributed by atoms with van der Waals surface area (Å²) >= 11 is 6.12. The first-order valence-corrected chi connectivity index (χ1v) is 7.82. The van der Waals surface area contributed by atoms with Gasteiger partial charge in [0.2, 0.25) is 11.8 Å². The zero-order chi connectivity index (χ0) is 16.4. The average Bonchev–Trinajstić information content (AvgIpc) is 3.18. The number of amides is 2. The fraction of sp³-hybridized carbons (Fsp3) is 0.294. The molecule has 1 aromatic carbocycles. The minimum Gasteiger partial charge on any atom is -0.467 e. The Kier molecular flexibility index (Phi) is 4.39. The number of anilines is 1. The third-order valence-electron chi connectivity index (χ3n) is 4.07. The fourth-order valence-corrected chi connectivity index (χ4v) is 2.93. The molecule has 1 unspecified atom stereocenters. The Morgan fingerprint density at radius 2 is 2.22 bits per heavy atom. The van der Waals surface area contributed by atoms with Crippen LogP contribution < -0.4 is 10.2 Å². The van der Waals surface area contributed by atoms with Crippen LogP contribution in [0.3, 0.4) is 0 Å². The predicted molar refractivity (Wildman–Crippen MR) is 87.2 cm³/mol. The summed E-state index contributed by atoms with van der Waals surface area (Å²) in [5, 5.41) is 3.36. The summed E-state index contributed by atoms with van der Waals surface area (Å²) in [6, 6.07) is 8.98. The Hall–Kier alpha value is -2.27. The maximum atomic E-state index is 12.6. The molecule has 23 heavy (non-hydrogen) atoms. The summed E-state index contributed by atoms with van der Waals surface area (Å²) < 4.78 is 5.17. The number of rotatable bonds is 4. The molecule has 1 N–H and O–H groups in total. The van der Waals surface area contributed by atoms with E-state index < -0.39 is 5.92 Å². The number of benzene rings is 1. The maximum absolute atomic E-state index is 12.6. The number of nitrogens with zero attached hydrogens (tertiary/aromatic N) is 1. The van der Waals surface area contributed by atoms with Gasteiger partial charge < -0.3 is 14.6 Å². The molecule has 0 saturated carbocycles. The first-order chi connectivity index (χ1) is 11.1. The lowest BCUT2D eigenvalue weighted by molar-refractivity contribution is -0.132. The van der Waals surface area contributed by atoms with Crippen molar-refractivity contribution in [2.24, 2.45) is 5.92 Å². The number of furan rings is 1. The van der Waals surface area contributed by atoms with Gasteiger partial charge in [0.25, 0.3) is 0 Å². The average molecular weight is 333 g/mol. The topological polar surface area (TPSA) is 62.6 Å². The first kappa shape index (κ1) is 15.6. The molecule has 6 heteroatoms. The van der Waals surface area contributed by atoms with E-state index in [-0.39, 0.29) is 18.4 Å². The molecule has 1 aromatic heterocycles. The second-order valence-corrected chi connectivity index (χ2v) is 5.92. The summed E-state index contributed by atoms with van der Waals surface area (Å²) in [6.45, 7) is 2.67. The van der Waals surface area contributed by atoms with Gasteiger partial charge in [-0.15, -0.1) is 0 Å². The lowest BCUT2D eigenvalue weighted by atomic mass is 10.1. The van der Waals surface area contributed by atoms with Gasteiger partial charge in [0.05, 0.1) is 12.8 Å². The minimum absolute atomic E-state index is 0.188. The highest BCUT2D eigenvalue weighted by Crippen LogP contribution is 2.31. The van der Waals surface area contributed by atoms with Crippen LogP contribution in [0.1, 0.15) is 17.7 Å². The molecule has 2 amide bonds. The van der Waals surface area contributed by atoms with Gasteiger partial charge in [0.1, 0.15) is 11.7 Å². The van der Waals surface area contributed by atoms with Gasteiger partial charge >= 0.3 is 0 Å². The molecule has 2 aromatic rings. The highest BCUT2D eigenvalue weighted by Gasteiger charge is 2.38. The molecule has 0 spiro atoms. The van der Waals surface area contributed by atoms with Crippen molar-refractivity contribution in [3.8, 4) is 0 Å². The van der Waals surface area contributed by atoms with Crippen molar-refractivity contribution in [2.45, 2.75) is 19.9 Å². The number of carbonyl (C=O) groups is 2. The Bertz CT molecular complexity index is 727. The molecule has 0 aliphatic carbocycles. The molecule has 1 fully saturated rings.